The zero-order chi connectivity index (χ0) is 20.4. The first-order valence-corrected chi connectivity index (χ1v) is 11.2. The highest BCUT2D eigenvalue weighted by molar-refractivity contribution is 9.10. The average Bonchev–Trinajstić information content (AvgIpc) is 3.03. The van der Waals surface area contributed by atoms with E-state index in [0.29, 0.717) is 6.04 Å². The van der Waals surface area contributed by atoms with Gasteiger partial charge in [-0.1, -0.05) is 42.5 Å². The van der Waals surface area contributed by atoms with Gasteiger partial charge in [0.15, 0.2) is 0 Å². The average molecular weight is 476 g/mol. The predicted molar refractivity (Wildman–Crippen MR) is 121 cm³/mol. The third kappa shape index (κ3) is 4.68. The molecule has 1 aliphatic heterocycles. The van der Waals surface area contributed by atoms with E-state index in [1.165, 1.54) is 5.56 Å². The Morgan fingerprint density at radius 2 is 1.83 bits per heavy atom. The predicted octanol–water partition coefficient (Wildman–Crippen LogP) is 5.48. The Bertz CT molecular complexity index is 997. The maximum Gasteiger partial charge on any atom is 0.307 e. The Balaban J connectivity index is 1.47. The lowest BCUT2D eigenvalue weighted by Gasteiger charge is -2.36. The standard InChI is InChI=1S/C23H24BrClN2O2/c24-21-15-18-7-6-17(14-23(28)29)12-20(18)27(21)19-8-10-26(11-9-19)22(25)13-16-4-2-1-3-5-16/h1-7,12,15,19,22H,8-11,13-14H2,(H,28,29). The van der Waals surface area contributed by atoms with Gasteiger partial charge in [-0.3, -0.25) is 9.69 Å². The van der Waals surface area contributed by atoms with Gasteiger partial charge >= 0.3 is 5.97 Å². The first-order chi connectivity index (χ1) is 14.0. The lowest BCUT2D eigenvalue weighted by atomic mass is 10.0. The molecule has 1 fully saturated rings. The highest BCUT2D eigenvalue weighted by Crippen LogP contribution is 2.34. The van der Waals surface area contributed by atoms with E-state index in [1.54, 1.807) is 0 Å². The second kappa shape index (κ2) is 8.90. The molecule has 6 heteroatoms. The number of aliphatic carboxylic acids is 1. The fourth-order valence-corrected chi connectivity index (χ4v) is 5.35. The first kappa shape index (κ1) is 20.5. The van der Waals surface area contributed by atoms with E-state index in [1.807, 2.05) is 24.3 Å². The van der Waals surface area contributed by atoms with Gasteiger partial charge in [0.05, 0.1) is 16.5 Å². The van der Waals surface area contributed by atoms with Gasteiger partial charge in [-0.25, -0.2) is 0 Å². The van der Waals surface area contributed by atoms with Crippen molar-refractivity contribution in [2.45, 2.75) is 37.2 Å². The molecule has 3 aromatic rings. The summed E-state index contributed by atoms with van der Waals surface area (Å²) < 4.78 is 3.36. The van der Waals surface area contributed by atoms with Crippen LogP contribution in [0.2, 0.25) is 0 Å². The van der Waals surface area contributed by atoms with Gasteiger partial charge in [0, 0.05) is 36.5 Å². The number of aromatic nitrogens is 1. The number of carbonyl (C=O) groups is 1. The minimum atomic E-state index is -0.804. The molecule has 29 heavy (non-hydrogen) atoms. The number of piperidine rings is 1. The number of rotatable bonds is 6. The Morgan fingerprint density at radius 1 is 1.10 bits per heavy atom. The summed E-state index contributed by atoms with van der Waals surface area (Å²) in [4.78, 5) is 13.5. The smallest absolute Gasteiger partial charge is 0.307 e. The maximum atomic E-state index is 11.1. The van der Waals surface area contributed by atoms with Crippen molar-refractivity contribution in [3.8, 4) is 0 Å². The molecule has 0 spiro atoms. The molecule has 1 N–H and O–H groups in total. The molecule has 1 saturated heterocycles. The summed E-state index contributed by atoms with van der Waals surface area (Å²) in [5.41, 5.74) is 3.20. The molecule has 2 aromatic carbocycles. The van der Waals surface area contributed by atoms with E-state index < -0.39 is 5.97 Å². The molecule has 1 atom stereocenters. The largest absolute Gasteiger partial charge is 0.481 e. The quantitative estimate of drug-likeness (QED) is 0.379. The van der Waals surface area contributed by atoms with Crippen LogP contribution in [-0.2, 0) is 17.6 Å². The molecule has 0 radical (unpaired) electrons. The second-order valence-electron chi connectivity index (χ2n) is 7.69. The Morgan fingerprint density at radius 3 is 2.52 bits per heavy atom. The molecular weight excluding hydrogens is 452 g/mol. The van der Waals surface area contributed by atoms with E-state index in [2.05, 4.69) is 55.7 Å². The summed E-state index contributed by atoms with van der Waals surface area (Å²) in [6, 6.07) is 18.8. The van der Waals surface area contributed by atoms with E-state index in [4.69, 9.17) is 16.7 Å². The van der Waals surface area contributed by atoms with Gasteiger partial charge in [-0.2, -0.15) is 0 Å². The molecule has 0 aliphatic carbocycles. The number of carboxylic acids is 1. The molecule has 1 unspecified atom stereocenters. The number of hydrogen-bond donors (Lipinski definition) is 1. The fraction of sp³-hybridized carbons (Fsp3) is 0.348. The van der Waals surface area contributed by atoms with Gasteiger partial charge in [0.1, 0.15) is 0 Å². The van der Waals surface area contributed by atoms with Gasteiger partial charge in [0.25, 0.3) is 0 Å². The zero-order valence-corrected chi connectivity index (χ0v) is 18.4. The van der Waals surface area contributed by atoms with E-state index >= 15 is 0 Å². The van der Waals surface area contributed by atoms with Crippen LogP contribution in [0.5, 0.6) is 0 Å². The molecule has 4 nitrogen and oxygen atoms in total. The number of carboxylic acid groups (broad SMARTS) is 1. The van der Waals surface area contributed by atoms with Crippen molar-refractivity contribution in [3.05, 3.63) is 70.3 Å². The second-order valence-corrected chi connectivity index (χ2v) is 9.01. The number of alkyl halides is 1. The SMILES string of the molecule is O=C(O)Cc1ccc2cc(Br)n(C3CCN(C(Cl)Cc4ccccc4)CC3)c2c1. The van der Waals surface area contributed by atoms with Gasteiger partial charge in [-0.05, 0) is 52.0 Å². The minimum Gasteiger partial charge on any atom is -0.481 e. The van der Waals surface area contributed by atoms with Crippen molar-refractivity contribution >= 4 is 44.4 Å². The summed E-state index contributed by atoms with van der Waals surface area (Å²) in [5.74, 6) is -0.804. The summed E-state index contributed by atoms with van der Waals surface area (Å²) in [7, 11) is 0. The highest BCUT2D eigenvalue weighted by atomic mass is 79.9. The van der Waals surface area contributed by atoms with Crippen molar-refractivity contribution in [1.29, 1.82) is 0 Å². The van der Waals surface area contributed by atoms with Crippen LogP contribution in [0.1, 0.15) is 30.0 Å². The van der Waals surface area contributed by atoms with E-state index in [0.717, 1.165) is 53.4 Å². The summed E-state index contributed by atoms with van der Waals surface area (Å²) in [6.07, 6.45) is 2.93. The van der Waals surface area contributed by atoms with Crippen LogP contribution in [0.4, 0.5) is 0 Å². The number of benzene rings is 2. The molecule has 0 bridgehead atoms. The molecule has 152 valence electrons. The molecule has 2 heterocycles. The number of likely N-dealkylation sites (tertiary alicyclic amines) is 1. The van der Waals surface area contributed by atoms with Crippen molar-refractivity contribution < 1.29 is 9.90 Å². The van der Waals surface area contributed by atoms with Crippen LogP contribution in [0.15, 0.2) is 59.2 Å². The first-order valence-electron chi connectivity index (χ1n) is 9.94. The van der Waals surface area contributed by atoms with Crippen LogP contribution in [0.25, 0.3) is 10.9 Å². The molecule has 0 amide bonds. The number of hydrogen-bond acceptors (Lipinski definition) is 2. The molecule has 1 aliphatic rings. The van der Waals surface area contributed by atoms with Crippen LogP contribution < -0.4 is 0 Å². The number of halogens is 2. The fourth-order valence-electron chi connectivity index (χ4n) is 4.25. The zero-order valence-electron chi connectivity index (χ0n) is 16.1. The maximum absolute atomic E-state index is 11.1. The van der Waals surface area contributed by atoms with Gasteiger partial charge < -0.3 is 9.67 Å². The van der Waals surface area contributed by atoms with Crippen molar-refractivity contribution in [2.24, 2.45) is 0 Å². The van der Waals surface area contributed by atoms with Crippen LogP contribution in [-0.4, -0.2) is 39.1 Å². The molecule has 0 saturated carbocycles. The van der Waals surface area contributed by atoms with Crippen LogP contribution in [0, 0.1) is 0 Å². The highest BCUT2D eigenvalue weighted by Gasteiger charge is 2.26. The van der Waals surface area contributed by atoms with Crippen LogP contribution >= 0.6 is 27.5 Å². The summed E-state index contributed by atoms with van der Waals surface area (Å²) >= 11 is 10.4. The lowest BCUT2D eigenvalue weighted by Crippen LogP contribution is -2.40. The Kier molecular flexibility index (Phi) is 6.28. The lowest BCUT2D eigenvalue weighted by molar-refractivity contribution is -0.136. The van der Waals surface area contributed by atoms with Gasteiger partial charge in [-0.15, -0.1) is 11.6 Å². The number of nitrogens with zero attached hydrogens (tertiary/aromatic N) is 2. The van der Waals surface area contributed by atoms with E-state index in [9.17, 15) is 4.79 Å². The third-order valence-electron chi connectivity index (χ3n) is 5.72. The van der Waals surface area contributed by atoms with E-state index in [-0.39, 0.29) is 11.9 Å². The van der Waals surface area contributed by atoms with Gasteiger partial charge in [0.2, 0.25) is 0 Å². The topological polar surface area (TPSA) is 45.5 Å². The Labute approximate surface area is 184 Å². The summed E-state index contributed by atoms with van der Waals surface area (Å²) in [6.45, 7) is 1.90. The monoisotopic (exact) mass is 474 g/mol. The van der Waals surface area contributed by atoms with Crippen molar-refractivity contribution in [3.63, 3.8) is 0 Å². The summed E-state index contributed by atoms with van der Waals surface area (Å²) in [5, 5.41) is 10.2. The third-order valence-corrected chi connectivity index (χ3v) is 6.76. The number of fused-ring (bicyclic) bond motifs is 1. The minimum absolute atomic E-state index is 0.00497. The van der Waals surface area contributed by atoms with Crippen molar-refractivity contribution in [1.82, 2.24) is 9.47 Å². The molecular formula is C23H24BrClN2O2. The molecule has 1 aromatic heterocycles. The normalized spacial score (nSPS) is 16.9. The molecule has 4 rings (SSSR count). The van der Waals surface area contributed by atoms with Crippen molar-refractivity contribution in [2.75, 3.05) is 13.1 Å². The van der Waals surface area contributed by atoms with Crippen LogP contribution in [0.3, 0.4) is 0 Å². The Hall–Kier alpha value is -1.82.